The lowest BCUT2D eigenvalue weighted by atomic mass is 9.74. The molecule has 1 aromatic carbocycles. The molecule has 2 N–H and O–H groups in total. The number of hydrogen-bond donors (Lipinski definition) is 2. The van der Waals surface area contributed by atoms with Gasteiger partial charge in [0.15, 0.2) is 0 Å². The van der Waals surface area contributed by atoms with E-state index < -0.39 is 29.4 Å². The van der Waals surface area contributed by atoms with E-state index in [9.17, 15) is 18.4 Å². The maximum absolute atomic E-state index is 14.4. The van der Waals surface area contributed by atoms with Crippen molar-refractivity contribution < 1.29 is 18.4 Å². The summed E-state index contributed by atoms with van der Waals surface area (Å²) in [6.45, 7) is 3.47. The van der Waals surface area contributed by atoms with E-state index in [0.29, 0.717) is 5.69 Å². The number of imide groups is 1. The number of piperidine rings is 1. The van der Waals surface area contributed by atoms with Crippen molar-refractivity contribution in [1.82, 2.24) is 10.6 Å². The number of anilines is 1. The smallest absolute Gasteiger partial charge is 0.234 e. The first-order valence-electron chi connectivity index (χ1n) is 7.76. The predicted molar refractivity (Wildman–Crippen MR) is 79.0 cm³/mol. The quantitative estimate of drug-likeness (QED) is 0.795. The lowest BCUT2D eigenvalue weighted by Crippen LogP contribution is -2.71. The van der Waals surface area contributed by atoms with Gasteiger partial charge in [0, 0.05) is 49.3 Å². The van der Waals surface area contributed by atoms with Crippen molar-refractivity contribution in [2.24, 2.45) is 5.41 Å². The number of hydrogen-bond acceptors (Lipinski definition) is 4. The summed E-state index contributed by atoms with van der Waals surface area (Å²) in [6, 6.07) is 2.59. The van der Waals surface area contributed by atoms with Crippen molar-refractivity contribution in [3.8, 4) is 0 Å². The number of amides is 2. The Balaban J connectivity index is 1.57. The Bertz CT molecular complexity index is 672. The van der Waals surface area contributed by atoms with Crippen LogP contribution >= 0.6 is 0 Å². The van der Waals surface area contributed by atoms with Crippen LogP contribution in [0, 0.1) is 17.0 Å². The summed E-state index contributed by atoms with van der Waals surface area (Å²) in [5.41, 5.74) is 0.530. The Labute approximate surface area is 132 Å². The second kappa shape index (κ2) is 4.99. The minimum absolute atomic E-state index is 0.0959. The maximum atomic E-state index is 14.4. The van der Waals surface area contributed by atoms with Crippen LogP contribution < -0.4 is 15.5 Å². The fourth-order valence-corrected chi connectivity index (χ4v) is 3.70. The SMILES string of the molecule is O=C1CC[C@H](c2c(F)cc(N3CC4(CNC4)C3)cc2F)C(=O)N1. The van der Waals surface area contributed by atoms with Crippen molar-refractivity contribution in [3.05, 3.63) is 29.3 Å². The zero-order valence-electron chi connectivity index (χ0n) is 12.5. The van der Waals surface area contributed by atoms with Gasteiger partial charge in [-0.1, -0.05) is 0 Å². The first-order valence-corrected chi connectivity index (χ1v) is 7.76. The molecule has 2 amide bonds. The summed E-state index contributed by atoms with van der Waals surface area (Å²) in [4.78, 5) is 25.0. The molecule has 1 spiro atoms. The molecular weight excluding hydrogens is 304 g/mol. The van der Waals surface area contributed by atoms with Crippen LogP contribution in [0.3, 0.4) is 0 Å². The molecule has 0 aliphatic carbocycles. The van der Waals surface area contributed by atoms with Crippen molar-refractivity contribution >= 4 is 17.5 Å². The highest BCUT2D eigenvalue weighted by molar-refractivity contribution is 6.01. The van der Waals surface area contributed by atoms with E-state index in [2.05, 4.69) is 10.6 Å². The molecule has 3 heterocycles. The Morgan fingerprint density at radius 2 is 1.78 bits per heavy atom. The van der Waals surface area contributed by atoms with Crippen LogP contribution in [0.25, 0.3) is 0 Å². The standard InChI is InChI=1S/C16H17F2N3O2/c17-11-3-9(21-7-16(8-21)5-19-6-16)4-12(18)14(11)10-1-2-13(22)20-15(10)23/h3-4,10,19H,1-2,5-8H2,(H,20,22,23)/t10-/m1/s1. The first-order chi connectivity index (χ1) is 11.0. The number of carbonyl (C=O) groups excluding carboxylic acids is 2. The molecule has 0 bridgehead atoms. The van der Waals surface area contributed by atoms with Gasteiger partial charge in [0.25, 0.3) is 0 Å². The van der Waals surface area contributed by atoms with Crippen LogP contribution in [0.1, 0.15) is 24.3 Å². The zero-order valence-corrected chi connectivity index (χ0v) is 12.5. The molecule has 3 aliphatic rings. The lowest BCUT2D eigenvalue weighted by Gasteiger charge is -2.57. The molecule has 7 heteroatoms. The minimum Gasteiger partial charge on any atom is -0.370 e. The second-order valence-electron chi connectivity index (χ2n) is 6.79. The van der Waals surface area contributed by atoms with Crippen LogP contribution in [0.4, 0.5) is 14.5 Å². The summed E-state index contributed by atoms with van der Waals surface area (Å²) in [7, 11) is 0. The van der Waals surface area contributed by atoms with Crippen molar-refractivity contribution in [2.45, 2.75) is 18.8 Å². The molecule has 0 saturated carbocycles. The van der Waals surface area contributed by atoms with E-state index in [4.69, 9.17) is 0 Å². The van der Waals surface area contributed by atoms with E-state index >= 15 is 0 Å². The van der Waals surface area contributed by atoms with Crippen LogP contribution in [0.2, 0.25) is 0 Å². The second-order valence-corrected chi connectivity index (χ2v) is 6.79. The molecule has 5 nitrogen and oxygen atoms in total. The maximum Gasteiger partial charge on any atom is 0.234 e. The van der Waals surface area contributed by atoms with Gasteiger partial charge in [-0.3, -0.25) is 14.9 Å². The van der Waals surface area contributed by atoms with E-state index in [1.54, 1.807) is 0 Å². The molecule has 3 fully saturated rings. The third kappa shape index (κ3) is 2.30. The third-order valence-electron chi connectivity index (χ3n) is 5.07. The summed E-state index contributed by atoms with van der Waals surface area (Å²) in [6.07, 6.45) is 0.231. The normalized spacial score (nSPS) is 25.8. The highest BCUT2D eigenvalue weighted by Crippen LogP contribution is 2.39. The van der Waals surface area contributed by atoms with Gasteiger partial charge in [-0.05, 0) is 18.6 Å². The van der Waals surface area contributed by atoms with Gasteiger partial charge in [-0.2, -0.15) is 0 Å². The van der Waals surface area contributed by atoms with E-state index in [-0.39, 0.29) is 23.8 Å². The Morgan fingerprint density at radius 1 is 1.13 bits per heavy atom. The van der Waals surface area contributed by atoms with E-state index in [0.717, 1.165) is 26.2 Å². The zero-order chi connectivity index (χ0) is 16.2. The average Bonchev–Trinajstić information content (AvgIpc) is 2.37. The molecule has 3 saturated heterocycles. The highest BCUT2D eigenvalue weighted by atomic mass is 19.1. The van der Waals surface area contributed by atoms with Gasteiger partial charge in [0.1, 0.15) is 11.6 Å². The van der Waals surface area contributed by atoms with Gasteiger partial charge < -0.3 is 10.2 Å². The molecule has 1 atom stereocenters. The monoisotopic (exact) mass is 321 g/mol. The van der Waals surface area contributed by atoms with Crippen molar-refractivity contribution in [2.75, 3.05) is 31.1 Å². The summed E-state index contributed by atoms with van der Waals surface area (Å²) >= 11 is 0. The number of halogens is 2. The largest absolute Gasteiger partial charge is 0.370 e. The predicted octanol–water partition coefficient (Wildman–Crippen LogP) is 0.895. The van der Waals surface area contributed by atoms with Crippen LogP contribution in [0.5, 0.6) is 0 Å². The number of benzene rings is 1. The van der Waals surface area contributed by atoms with E-state index in [1.165, 1.54) is 12.1 Å². The topological polar surface area (TPSA) is 61.4 Å². The van der Waals surface area contributed by atoms with Crippen LogP contribution in [-0.4, -0.2) is 38.0 Å². The number of carbonyl (C=O) groups is 2. The summed E-state index contributed by atoms with van der Waals surface area (Å²) < 4.78 is 28.9. The molecule has 23 heavy (non-hydrogen) atoms. The van der Waals surface area contributed by atoms with E-state index in [1.807, 2.05) is 4.90 Å². The molecule has 3 aliphatic heterocycles. The number of rotatable bonds is 2. The lowest BCUT2D eigenvalue weighted by molar-refractivity contribution is -0.134. The first kappa shape index (κ1) is 14.6. The van der Waals surface area contributed by atoms with Gasteiger partial charge in [0.2, 0.25) is 11.8 Å². The number of nitrogens with one attached hydrogen (secondary N) is 2. The summed E-state index contributed by atoms with van der Waals surface area (Å²) in [5.74, 6) is -3.41. The van der Waals surface area contributed by atoms with Gasteiger partial charge in [-0.15, -0.1) is 0 Å². The molecule has 1 aromatic rings. The molecule has 4 rings (SSSR count). The average molecular weight is 321 g/mol. The van der Waals surface area contributed by atoms with Gasteiger partial charge >= 0.3 is 0 Å². The van der Waals surface area contributed by atoms with Crippen LogP contribution in [0.15, 0.2) is 12.1 Å². The van der Waals surface area contributed by atoms with Gasteiger partial charge in [-0.25, -0.2) is 8.78 Å². The molecular formula is C16H17F2N3O2. The summed E-state index contributed by atoms with van der Waals surface area (Å²) in [5, 5.41) is 5.35. The Kier molecular flexibility index (Phi) is 3.16. The molecule has 122 valence electrons. The highest BCUT2D eigenvalue weighted by Gasteiger charge is 2.47. The van der Waals surface area contributed by atoms with Crippen LogP contribution in [-0.2, 0) is 9.59 Å². The van der Waals surface area contributed by atoms with Crippen molar-refractivity contribution in [1.29, 1.82) is 0 Å². The number of nitrogens with zero attached hydrogens (tertiary/aromatic N) is 1. The van der Waals surface area contributed by atoms with Crippen molar-refractivity contribution in [3.63, 3.8) is 0 Å². The fraction of sp³-hybridized carbons (Fsp3) is 0.500. The Hall–Kier alpha value is -2.02. The fourth-order valence-electron chi connectivity index (χ4n) is 3.70. The molecule has 0 unspecified atom stereocenters. The Morgan fingerprint density at radius 3 is 2.30 bits per heavy atom. The molecule has 0 radical (unpaired) electrons. The third-order valence-corrected chi connectivity index (χ3v) is 5.07. The van der Waals surface area contributed by atoms with Gasteiger partial charge in [0.05, 0.1) is 5.92 Å². The molecule has 0 aromatic heterocycles. The minimum atomic E-state index is -0.944.